The SMILES string of the molecule is CC(C)c1ccccc1NC(=O)[C@H](C)Sc1nnnn1-c1ccc(Cl)cc1. The summed E-state index contributed by atoms with van der Waals surface area (Å²) in [6, 6.07) is 15.0. The van der Waals surface area contributed by atoms with E-state index in [1.807, 2.05) is 43.3 Å². The molecule has 1 atom stereocenters. The zero-order chi connectivity index (χ0) is 19.4. The molecule has 0 aliphatic carbocycles. The lowest BCUT2D eigenvalue weighted by atomic mass is 10.0. The summed E-state index contributed by atoms with van der Waals surface area (Å²) in [5.41, 5.74) is 2.72. The first kappa shape index (κ1) is 19.4. The Morgan fingerprint density at radius 3 is 2.52 bits per heavy atom. The van der Waals surface area contributed by atoms with Gasteiger partial charge in [0, 0.05) is 10.7 Å². The van der Waals surface area contributed by atoms with Crippen LogP contribution >= 0.6 is 23.4 Å². The third-order valence-corrected chi connectivity index (χ3v) is 5.29. The Kier molecular flexibility index (Phi) is 6.13. The van der Waals surface area contributed by atoms with Crippen molar-refractivity contribution in [1.82, 2.24) is 20.2 Å². The fourth-order valence-corrected chi connectivity index (χ4v) is 3.49. The van der Waals surface area contributed by atoms with Crippen molar-refractivity contribution in [2.45, 2.75) is 37.1 Å². The van der Waals surface area contributed by atoms with E-state index in [0.717, 1.165) is 16.9 Å². The molecule has 1 N–H and O–H groups in total. The lowest BCUT2D eigenvalue weighted by Crippen LogP contribution is -2.23. The number of nitrogens with one attached hydrogen (secondary N) is 1. The number of hydrogen-bond acceptors (Lipinski definition) is 5. The third kappa shape index (κ3) is 4.67. The van der Waals surface area contributed by atoms with E-state index in [-0.39, 0.29) is 11.2 Å². The molecule has 1 aromatic heterocycles. The average molecular weight is 402 g/mol. The number of hydrogen-bond donors (Lipinski definition) is 1. The molecule has 1 heterocycles. The van der Waals surface area contributed by atoms with E-state index in [2.05, 4.69) is 34.7 Å². The summed E-state index contributed by atoms with van der Waals surface area (Å²) < 4.78 is 1.59. The Morgan fingerprint density at radius 1 is 1.11 bits per heavy atom. The number of para-hydroxylation sites is 1. The van der Waals surface area contributed by atoms with Crippen LogP contribution in [0, 0.1) is 0 Å². The van der Waals surface area contributed by atoms with Gasteiger partial charge in [-0.25, -0.2) is 0 Å². The molecule has 0 radical (unpaired) electrons. The zero-order valence-electron chi connectivity index (χ0n) is 15.3. The number of thioether (sulfide) groups is 1. The molecule has 3 rings (SSSR count). The van der Waals surface area contributed by atoms with Crippen molar-refractivity contribution in [3.05, 3.63) is 59.1 Å². The Balaban J connectivity index is 1.73. The van der Waals surface area contributed by atoms with Gasteiger partial charge < -0.3 is 5.32 Å². The molecule has 0 saturated carbocycles. The minimum atomic E-state index is -0.373. The smallest absolute Gasteiger partial charge is 0.237 e. The van der Waals surface area contributed by atoms with Crippen molar-refractivity contribution in [3.8, 4) is 5.69 Å². The molecule has 0 aliphatic heterocycles. The van der Waals surface area contributed by atoms with E-state index in [4.69, 9.17) is 11.6 Å². The van der Waals surface area contributed by atoms with Crippen LogP contribution in [0.15, 0.2) is 53.7 Å². The molecule has 27 heavy (non-hydrogen) atoms. The number of nitrogens with zero attached hydrogens (tertiary/aromatic N) is 4. The number of aromatic nitrogens is 4. The summed E-state index contributed by atoms with van der Waals surface area (Å²) in [6.07, 6.45) is 0. The van der Waals surface area contributed by atoms with Gasteiger partial charge in [-0.15, -0.1) is 5.10 Å². The third-order valence-electron chi connectivity index (χ3n) is 4.00. The predicted octanol–water partition coefficient (Wildman–Crippen LogP) is 4.56. The van der Waals surface area contributed by atoms with Crippen LogP contribution in [0.1, 0.15) is 32.3 Å². The van der Waals surface area contributed by atoms with Gasteiger partial charge in [0.1, 0.15) is 0 Å². The van der Waals surface area contributed by atoms with Crippen LogP contribution < -0.4 is 5.32 Å². The molecule has 0 unspecified atom stereocenters. The van der Waals surface area contributed by atoms with Gasteiger partial charge in [-0.2, -0.15) is 4.68 Å². The predicted molar refractivity (Wildman–Crippen MR) is 109 cm³/mol. The summed E-state index contributed by atoms with van der Waals surface area (Å²) in [7, 11) is 0. The zero-order valence-corrected chi connectivity index (χ0v) is 16.8. The highest BCUT2D eigenvalue weighted by molar-refractivity contribution is 8.00. The fraction of sp³-hybridized carbons (Fsp3) is 0.263. The maximum atomic E-state index is 12.7. The summed E-state index contributed by atoms with van der Waals surface area (Å²) in [4.78, 5) is 12.7. The van der Waals surface area contributed by atoms with Gasteiger partial charge in [-0.3, -0.25) is 4.79 Å². The highest BCUT2D eigenvalue weighted by Crippen LogP contribution is 2.27. The number of amides is 1. The van der Waals surface area contributed by atoms with Crippen molar-refractivity contribution in [2.24, 2.45) is 0 Å². The van der Waals surface area contributed by atoms with E-state index < -0.39 is 0 Å². The number of halogens is 1. The van der Waals surface area contributed by atoms with Gasteiger partial charge >= 0.3 is 0 Å². The second-order valence-electron chi connectivity index (χ2n) is 6.34. The minimum absolute atomic E-state index is 0.0984. The second kappa shape index (κ2) is 8.54. The molecule has 3 aromatic rings. The lowest BCUT2D eigenvalue weighted by Gasteiger charge is -2.16. The maximum Gasteiger partial charge on any atom is 0.237 e. The molecule has 8 heteroatoms. The van der Waals surface area contributed by atoms with Gasteiger partial charge in [0.2, 0.25) is 11.1 Å². The van der Waals surface area contributed by atoms with Crippen LogP contribution in [0.2, 0.25) is 5.02 Å². The number of tetrazole rings is 1. The topological polar surface area (TPSA) is 72.7 Å². The number of carbonyl (C=O) groups is 1. The number of anilines is 1. The Morgan fingerprint density at radius 2 is 1.81 bits per heavy atom. The van der Waals surface area contributed by atoms with Crippen LogP contribution in [-0.4, -0.2) is 31.4 Å². The Labute approximate surface area is 167 Å². The second-order valence-corrected chi connectivity index (χ2v) is 8.09. The van der Waals surface area contributed by atoms with Crippen molar-refractivity contribution in [3.63, 3.8) is 0 Å². The molecule has 2 aromatic carbocycles. The fourth-order valence-electron chi connectivity index (χ4n) is 2.56. The molecule has 0 spiro atoms. The van der Waals surface area contributed by atoms with E-state index in [9.17, 15) is 4.79 Å². The van der Waals surface area contributed by atoms with Gasteiger partial charge in [0.15, 0.2) is 0 Å². The highest BCUT2D eigenvalue weighted by Gasteiger charge is 2.20. The normalized spacial score (nSPS) is 12.2. The molecular formula is C19H20ClN5OS. The van der Waals surface area contributed by atoms with Crippen molar-refractivity contribution >= 4 is 35.0 Å². The molecule has 0 bridgehead atoms. The van der Waals surface area contributed by atoms with Crippen molar-refractivity contribution < 1.29 is 4.79 Å². The summed E-state index contributed by atoms with van der Waals surface area (Å²) in [5, 5.41) is 15.6. The van der Waals surface area contributed by atoms with Crippen LogP contribution in [0.25, 0.3) is 5.69 Å². The van der Waals surface area contributed by atoms with Crippen LogP contribution in [-0.2, 0) is 4.79 Å². The van der Waals surface area contributed by atoms with Crippen molar-refractivity contribution in [2.75, 3.05) is 5.32 Å². The first-order valence-corrected chi connectivity index (χ1v) is 9.82. The molecule has 140 valence electrons. The van der Waals surface area contributed by atoms with E-state index >= 15 is 0 Å². The molecule has 0 fully saturated rings. The molecule has 6 nitrogen and oxygen atoms in total. The monoisotopic (exact) mass is 401 g/mol. The summed E-state index contributed by atoms with van der Waals surface area (Å²) in [6.45, 7) is 6.03. The van der Waals surface area contributed by atoms with Gasteiger partial charge in [-0.05, 0) is 59.2 Å². The number of rotatable bonds is 6. The van der Waals surface area contributed by atoms with Crippen LogP contribution in [0.3, 0.4) is 0 Å². The van der Waals surface area contributed by atoms with Gasteiger partial charge in [0.25, 0.3) is 0 Å². The van der Waals surface area contributed by atoms with E-state index in [1.165, 1.54) is 11.8 Å². The number of carbonyl (C=O) groups excluding carboxylic acids is 1. The lowest BCUT2D eigenvalue weighted by molar-refractivity contribution is -0.115. The van der Waals surface area contributed by atoms with Crippen molar-refractivity contribution in [1.29, 1.82) is 0 Å². The first-order chi connectivity index (χ1) is 13.0. The Hall–Kier alpha value is -2.38. The highest BCUT2D eigenvalue weighted by atomic mass is 35.5. The molecular weight excluding hydrogens is 382 g/mol. The van der Waals surface area contributed by atoms with Crippen LogP contribution in [0.5, 0.6) is 0 Å². The molecule has 0 saturated heterocycles. The maximum absolute atomic E-state index is 12.7. The van der Waals surface area contributed by atoms with E-state index in [0.29, 0.717) is 16.1 Å². The molecule has 0 aliphatic rings. The summed E-state index contributed by atoms with van der Waals surface area (Å²) in [5.74, 6) is 0.223. The van der Waals surface area contributed by atoms with Gasteiger partial charge in [-0.1, -0.05) is 55.4 Å². The minimum Gasteiger partial charge on any atom is -0.325 e. The van der Waals surface area contributed by atoms with E-state index in [1.54, 1.807) is 16.8 Å². The number of benzene rings is 2. The van der Waals surface area contributed by atoms with Gasteiger partial charge in [0.05, 0.1) is 10.9 Å². The average Bonchev–Trinajstić information content (AvgIpc) is 3.10. The quantitative estimate of drug-likeness (QED) is 0.613. The largest absolute Gasteiger partial charge is 0.325 e. The molecule has 1 amide bonds. The first-order valence-electron chi connectivity index (χ1n) is 8.56. The van der Waals surface area contributed by atoms with Crippen LogP contribution in [0.4, 0.5) is 5.69 Å². The standard InChI is InChI=1S/C19H20ClN5OS/c1-12(2)16-6-4-5-7-17(16)21-18(26)13(3)27-19-22-23-24-25(19)15-10-8-14(20)9-11-15/h4-13H,1-3H3,(H,21,26)/t13-/m0/s1. The Bertz CT molecular complexity index is 926. The summed E-state index contributed by atoms with van der Waals surface area (Å²) >= 11 is 7.23.